The maximum absolute atomic E-state index is 13.5. The lowest BCUT2D eigenvalue weighted by atomic mass is 10.1. The first-order valence-electron chi connectivity index (χ1n) is 6.47. The monoisotopic (exact) mass is 331 g/mol. The Morgan fingerprint density at radius 2 is 1.90 bits per heavy atom. The van der Waals surface area contributed by atoms with Gasteiger partial charge in [-0.15, -0.1) is 11.3 Å². The number of halogens is 3. The van der Waals surface area contributed by atoms with Gasteiger partial charge in [0.2, 0.25) is 0 Å². The van der Waals surface area contributed by atoms with Crippen molar-refractivity contribution in [3.05, 3.63) is 55.4 Å². The van der Waals surface area contributed by atoms with Crippen molar-refractivity contribution in [1.29, 1.82) is 0 Å². The molecule has 1 heterocycles. The Labute approximate surface area is 132 Å². The van der Waals surface area contributed by atoms with Gasteiger partial charge in [-0.3, -0.25) is 0 Å². The van der Waals surface area contributed by atoms with Crippen molar-refractivity contribution in [3.63, 3.8) is 0 Å². The van der Waals surface area contributed by atoms with Crippen molar-refractivity contribution < 1.29 is 4.39 Å². The zero-order chi connectivity index (χ0) is 14.7. The molecule has 108 valence electrons. The second-order valence-corrected chi connectivity index (χ2v) is 6.62. The molecule has 0 spiro atoms. The van der Waals surface area contributed by atoms with E-state index in [0.717, 1.165) is 13.0 Å². The predicted octanol–water partition coefficient (Wildman–Crippen LogP) is 5.61. The molecule has 0 aliphatic heterocycles. The molecule has 20 heavy (non-hydrogen) atoms. The molecule has 1 N–H and O–H groups in total. The third-order valence-corrected chi connectivity index (χ3v) is 5.10. The van der Waals surface area contributed by atoms with Gasteiger partial charge in [0.05, 0.1) is 5.02 Å². The first-order chi connectivity index (χ1) is 9.52. The minimum atomic E-state index is -0.441. The minimum Gasteiger partial charge on any atom is -0.305 e. The topological polar surface area (TPSA) is 12.0 Å². The highest BCUT2D eigenvalue weighted by Gasteiger charge is 2.16. The van der Waals surface area contributed by atoms with Crippen LogP contribution in [0.2, 0.25) is 10.0 Å². The molecule has 0 saturated carbocycles. The zero-order valence-electron chi connectivity index (χ0n) is 11.3. The number of nitrogens with one attached hydrogen (secondary N) is 1. The Bertz CT molecular complexity index is 598. The number of benzene rings is 1. The molecule has 1 nitrogen and oxygen atoms in total. The van der Waals surface area contributed by atoms with E-state index in [0.29, 0.717) is 10.6 Å². The van der Waals surface area contributed by atoms with Crippen LogP contribution >= 0.6 is 34.5 Å². The first-order valence-corrected chi connectivity index (χ1v) is 8.04. The first kappa shape index (κ1) is 15.8. The lowest BCUT2D eigenvalue weighted by Crippen LogP contribution is -2.18. The van der Waals surface area contributed by atoms with Gasteiger partial charge in [-0.25, -0.2) is 4.39 Å². The fourth-order valence-corrected chi connectivity index (χ4v) is 3.61. The Hall–Kier alpha value is -0.610. The number of aryl methyl sites for hydroxylation is 1. The fourth-order valence-electron chi connectivity index (χ4n) is 2.00. The summed E-state index contributed by atoms with van der Waals surface area (Å²) in [6, 6.07) is 6.95. The summed E-state index contributed by atoms with van der Waals surface area (Å²) in [5, 5.41) is 3.91. The van der Waals surface area contributed by atoms with Gasteiger partial charge in [-0.05, 0) is 37.6 Å². The zero-order valence-corrected chi connectivity index (χ0v) is 13.7. The van der Waals surface area contributed by atoms with Gasteiger partial charge in [-0.1, -0.05) is 30.1 Å². The van der Waals surface area contributed by atoms with Crippen molar-refractivity contribution in [3.8, 4) is 0 Å². The number of rotatable bonds is 5. The molecule has 0 fully saturated rings. The Morgan fingerprint density at radius 3 is 2.55 bits per heavy atom. The summed E-state index contributed by atoms with van der Waals surface area (Å²) in [6.45, 7) is 4.79. The van der Waals surface area contributed by atoms with Crippen LogP contribution in [0.5, 0.6) is 0 Å². The van der Waals surface area contributed by atoms with Crippen LogP contribution < -0.4 is 5.32 Å². The molecule has 2 aromatic rings. The van der Waals surface area contributed by atoms with Crippen LogP contribution in [0.1, 0.15) is 35.2 Å². The Morgan fingerprint density at radius 1 is 1.20 bits per heavy atom. The van der Waals surface area contributed by atoms with Gasteiger partial charge in [-0.2, -0.15) is 0 Å². The molecule has 1 aromatic heterocycles. The summed E-state index contributed by atoms with van der Waals surface area (Å²) < 4.78 is 13.5. The van der Waals surface area contributed by atoms with Crippen LogP contribution in [0.4, 0.5) is 4.39 Å². The molecular weight excluding hydrogens is 316 g/mol. The van der Waals surface area contributed by atoms with Crippen LogP contribution in [-0.2, 0) is 13.0 Å². The minimum absolute atomic E-state index is 0.0953. The molecule has 0 aliphatic carbocycles. The molecule has 0 amide bonds. The van der Waals surface area contributed by atoms with Crippen LogP contribution in [0.3, 0.4) is 0 Å². The van der Waals surface area contributed by atoms with Crippen molar-refractivity contribution in [2.75, 3.05) is 0 Å². The summed E-state index contributed by atoms with van der Waals surface area (Å²) >= 11 is 13.9. The van der Waals surface area contributed by atoms with Gasteiger partial charge in [0, 0.05) is 32.9 Å². The van der Waals surface area contributed by atoms with E-state index in [2.05, 4.69) is 24.4 Å². The normalized spacial score (nSPS) is 12.7. The lowest BCUT2D eigenvalue weighted by Gasteiger charge is -2.17. The van der Waals surface area contributed by atoms with Crippen LogP contribution in [0.15, 0.2) is 24.3 Å². The Balaban J connectivity index is 2.08. The van der Waals surface area contributed by atoms with E-state index >= 15 is 0 Å². The standard InChI is InChI=1S/C15H16Cl2FNS/c1-3-10-4-5-11(20-10)8-19-9(2)14-12(16)6-7-13(18)15(14)17/h4-7,9,19H,3,8H2,1-2H3. The molecule has 2 rings (SSSR count). The van der Waals surface area contributed by atoms with E-state index < -0.39 is 5.82 Å². The molecule has 0 aliphatic rings. The summed E-state index contributed by atoms with van der Waals surface area (Å²) in [6.07, 6.45) is 1.04. The average molecular weight is 332 g/mol. The SMILES string of the molecule is CCc1ccc(CNC(C)c2c(Cl)ccc(F)c2Cl)s1. The van der Waals surface area contributed by atoms with E-state index in [1.807, 2.05) is 6.92 Å². The fraction of sp³-hybridized carbons (Fsp3) is 0.333. The van der Waals surface area contributed by atoms with Crippen molar-refractivity contribution in [2.45, 2.75) is 32.9 Å². The number of thiophene rings is 1. The highest BCUT2D eigenvalue weighted by atomic mass is 35.5. The van der Waals surface area contributed by atoms with Crippen molar-refractivity contribution in [2.24, 2.45) is 0 Å². The summed E-state index contributed by atoms with van der Waals surface area (Å²) in [5.74, 6) is -0.441. The molecule has 5 heteroatoms. The van der Waals surface area contributed by atoms with Gasteiger partial charge in [0.15, 0.2) is 0 Å². The van der Waals surface area contributed by atoms with E-state index in [1.54, 1.807) is 11.3 Å². The van der Waals surface area contributed by atoms with E-state index in [-0.39, 0.29) is 11.1 Å². The second-order valence-electron chi connectivity index (χ2n) is 4.58. The maximum atomic E-state index is 13.5. The quantitative estimate of drug-likeness (QED) is 0.702. The summed E-state index contributed by atoms with van der Waals surface area (Å²) in [4.78, 5) is 2.61. The number of hydrogen-bond donors (Lipinski definition) is 1. The van der Waals surface area contributed by atoms with E-state index in [4.69, 9.17) is 23.2 Å². The molecule has 1 unspecified atom stereocenters. The van der Waals surface area contributed by atoms with Crippen molar-refractivity contribution >= 4 is 34.5 Å². The largest absolute Gasteiger partial charge is 0.305 e. The van der Waals surface area contributed by atoms with E-state index in [1.165, 1.54) is 21.9 Å². The predicted molar refractivity (Wildman–Crippen MR) is 85.4 cm³/mol. The van der Waals surface area contributed by atoms with Crippen LogP contribution in [0, 0.1) is 5.82 Å². The smallest absolute Gasteiger partial charge is 0.142 e. The molecular formula is C15H16Cl2FNS. The molecule has 0 saturated heterocycles. The molecule has 1 atom stereocenters. The molecule has 0 radical (unpaired) electrons. The average Bonchev–Trinajstić information content (AvgIpc) is 2.89. The maximum Gasteiger partial charge on any atom is 0.142 e. The summed E-state index contributed by atoms with van der Waals surface area (Å²) in [5.41, 5.74) is 0.612. The number of hydrogen-bond acceptors (Lipinski definition) is 2. The van der Waals surface area contributed by atoms with Crippen LogP contribution in [0.25, 0.3) is 0 Å². The molecule has 0 bridgehead atoms. The van der Waals surface area contributed by atoms with Crippen LogP contribution in [-0.4, -0.2) is 0 Å². The highest BCUT2D eigenvalue weighted by Crippen LogP contribution is 2.32. The third kappa shape index (κ3) is 3.53. The Kier molecular flexibility index (Phi) is 5.44. The third-order valence-electron chi connectivity index (χ3n) is 3.16. The van der Waals surface area contributed by atoms with Gasteiger partial charge in [0.1, 0.15) is 5.82 Å². The van der Waals surface area contributed by atoms with Crippen molar-refractivity contribution in [1.82, 2.24) is 5.32 Å². The van der Waals surface area contributed by atoms with Gasteiger partial charge in [0.25, 0.3) is 0 Å². The van der Waals surface area contributed by atoms with Gasteiger partial charge < -0.3 is 5.32 Å². The highest BCUT2D eigenvalue weighted by molar-refractivity contribution is 7.11. The molecule has 1 aromatic carbocycles. The second kappa shape index (κ2) is 6.90. The lowest BCUT2D eigenvalue weighted by molar-refractivity contribution is 0.569. The summed E-state index contributed by atoms with van der Waals surface area (Å²) in [7, 11) is 0. The van der Waals surface area contributed by atoms with E-state index in [9.17, 15) is 4.39 Å². The van der Waals surface area contributed by atoms with Gasteiger partial charge >= 0.3 is 0 Å².